The molecule has 0 aromatic carbocycles. The van der Waals surface area contributed by atoms with Crippen molar-refractivity contribution < 1.29 is 5.11 Å². The highest BCUT2D eigenvalue weighted by Crippen LogP contribution is 2.42. The van der Waals surface area contributed by atoms with Crippen molar-refractivity contribution in [2.24, 2.45) is 11.8 Å². The molecule has 0 aliphatic carbocycles. The minimum atomic E-state index is -0.503. The number of nitrogens with zero attached hydrogens (tertiary/aromatic N) is 2. The van der Waals surface area contributed by atoms with E-state index >= 15 is 0 Å². The smallest absolute Gasteiger partial charge is 0.121 e. The fraction of sp³-hybridized carbons (Fsp3) is 1.00. The highest BCUT2D eigenvalue weighted by atomic mass is 127. The monoisotopic (exact) mass is 464 g/mol. The fourth-order valence-electron chi connectivity index (χ4n) is 3.07. The number of aliphatic hydroxyl groups is 1. The molecule has 1 N–H and O–H groups in total. The summed E-state index contributed by atoms with van der Waals surface area (Å²) >= 11 is 4.88. The Hall–Kier alpha value is 1.34. The molecule has 5 heteroatoms. The third kappa shape index (κ3) is 3.46. The first-order chi connectivity index (χ1) is 7.90. The Balaban J connectivity index is 2.12. The second-order valence-electron chi connectivity index (χ2n) is 5.67. The second kappa shape index (κ2) is 5.76. The Morgan fingerprint density at radius 2 is 1.82 bits per heavy atom. The van der Waals surface area contributed by atoms with Gasteiger partial charge in [0, 0.05) is 29.5 Å². The van der Waals surface area contributed by atoms with Crippen LogP contribution in [0.15, 0.2) is 0 Å². The van der Waals surface area contributed by atoms with E-state index in [-0.39, 0.29) is 0 Å². The predicted octanol–water partition coefficient (Wildman–Crippen LogP) is 1.82. The summed E-state index contributed by atoms with van der Waals surface area (Å²) in [6.45, 7) is 4.39. The van der Waals surface area contributed by atoms with Crippen LogP contribution >= 0.6 is 45.2 Å². The highest BCUT2D eigenvalue weighted by molar-refractivity contribution is 14.1. The van der Waals surface area contributed by atoms with Gasteiger partial charge in [0.25, 0.3) is 0 Å². The lowest BCUT2D eigenvalue weighted by Crippen LogP contribution is -2.55. The summed E-state index contributed by atoms with van der Waals surface area (Å²) < 4.78 is 0.206. The number of rotatable bonds is 1. The maximum absolute atomic E-state index is 10.6. The van der Waals surface area contributed by atoms with E-state index in [4.69, 9.17) is 0 Å². The maximum Gasteiger partial charge on any atom is 0.121 e. The molecule has 2 heterocycles. The Labute approximate surface area is 132 Å². The lowest BCUT2D eigenvalue weighted by Gasteiger charge is -2.48. The van der Waals surface area contributed by atoms with Gasteiger partial charge >= 0.3 is 0 Å². The third-order valence-electron chi connectivity index (χ3n) is 4.21. The van der Waals surface area contributed by atoms with Gasteiger partial charge in [-0.3, -0.25) is 0 Å². The van der Waals surface area contributed by atoms with Crippen LogP contribution in [0.25, 0.3) is 0 Å². The highest BCUT2D eigenvalue weighted by Gasteiger charge is 2.45. The molecule has 0 spiro atoms. The fourth-order valence-corrected chi connectivity index (χ4v) is 4.97. The van der Waals surface area contributed by atoms with Crippen LogP contribution in [0.2, 0.25) is 0 Å². The minimum Gasteiger partial charge on any atom is -0.379 e. The van der Waals surface area contributed by atoms with Crippen molar-refractivity contribution in [2.75, 3.05) is 40.3 Å². The summed E-state index contributed by atoms with van der Waals surface area (Å²) in [4.78, 5) is 4.79. The van der Waals surface area contributed by atoms with Gasteiger partial charge in [0.2, 0.25) is 0 Å². The molecular formula is C12H22I2N2O. The predicted molar refractivity (Wildman–Crippen MR) is 88.0 cm³/mol. The van der Waals surface area contributed by atoms with E-state index in [1.54, 1.807) is 0 Å². The van der Waals surface area contributed by atoms with Gasteiger partial charge in [0.1, 0.15) is 3.61 Å². The van der Waals surface area contributed by atoms with Crippen molar-refractivity contribution >= 4 is 45.2 Å². The van der Waals surface area contributed by atoms with Gasteiger partial charge in [-0.1, -0.05) is 22.6 Å². The molecule has 0 radical (unpaired) electrons. The molecule has 3 nitrogen and oxygen atoms in total. The Morgan fingerprint density at radius 1 is 1.18 bits per heavy atom. The average Bonchev–Trinajstić information content (AvgIpc) is 2.26. The normalized spacial score (nSPS) is 46.1. The number of alkyl halides is 2. The standard InChI is InChI=1S/C12H22I2N2O/c1-15-5-3-11(13)9(7-15)10-8-16(2)6-4-12(10,14)17/h9-11,17H,3-8H2,1-2H3. The van der Waals surface area contributed by atoms with Gasteiger partial charge in [-0.25, -0.2) is 0 Å². The summed E-state index contributed by atoms with van der Waals surface area (Å²) in [5.41, 5.74) is 0. The molecule has 0 saturated carbocycles. The van der Waals surface area contributed by atoms with Gasteiger partial charge in [-0.15, -0.1) is 0 Å². The number of hydrogen-bond donors (Lipinski definition) is 1. The molecule has 0 amide bonds. The Morgan fingerprint density at radius 3 is 2.53 bits per heavy atom. The van der Waals surface area contributed by atoms with Gasteiger partial charge < -0.3 is 14.9 Å². The van der Waals surface area contributed by atoms with Crippen LogP contribution < -0.4 is 0 Å². The quantitative estimate of drug-likeness (QED) is 0.474. The van der Waals surface area contributed by atoms with Gasteiger partial charge in [0.15, 0.2) is 0 Å². The largest absolute Gasteiger partial charge is 0.379 e. The molecule has 0 aromatic heterocycles. The van der Waals surface area contributed by atoms with Gasteiger partial charge in [-0.2, -0.15) is 0 Å². The van der Waals surface area contributed by atoms with E-state index in [2.05, 4.69) is 69.1 Å². The van der Waals surface area contributed by atoms with E-state index in [9.17, 15) is 5.11 Å². The van der Waals surface area contributed by atoms with Crippen molar-refractivity contribution in [1.82, 2.24) is 9.80 Å². The van der Waals surface area contributed by atoms with Crippen molar-refractivity contribution in [2.45, 2.75) is 20.4 Å². The van der Waals surface area contributed by atoms with Crippen LogP contribution in [-0.4, -0.2) is 62.7 Å². The maximum atomic E-state index is 10.6. The van der Waals surface area contributed by atoms with Crippen molar-refractivity contribution in [1.29, 1.82) is 0 Å². The first-order valence-electron chi connectivity index (χ1n) is 6.32. The lowest BCUT2D eigenvalue weighted by atomic mass is 9.79. The van der Waals surface area contributed by atoms with Crippen LogP contribution in [0, 0.1) is 11.8 Å². The number of likely N-dealkylation sites (tertiary alicyclic amines) is 2. The zero-order valence-corrected chi connectivity index (χ0v) is 14.9. The van der Waals surface area contributed by atoms with Crippen LogP contribution in [0.5, 0.6) is 0 Å². The first-order valence-corrected chi connectivity index (χ1v) is 8.65. The van der Waals surface area contributed by atoms with E-state index in [0.29, 0.717) is 15.8 Å². The van der Waals surface area contributed by atoms with Crippen LogP contribution in [0.4, 0.5) is 0 Å². The van der Waals surface area contributed by atoms with Crippen LogP contribution in [0.3, 0.4) is 0 Å². The molecule has 0 aromatic rings. The number of halogens is 2. The molecule has 2 aliphatic heterocycles. The third-order valence-corrected chi connectivity index (χ3v) is 7.10. The molecule has 2 aliphatic rings. The Kier molecular flexibility index (Phi) is 5.00. The van der Waals surface area contributed by atoms with Gasteiger partial charge in [0.05, 0.1) is 0 Å². The average molecular weight is 464 g/mol. The molecule has 0 bridgehead atoms. The van der Waals surface area contributed by atoms with Crippen molar-refractivity contribution in [3.8, 4) is 0 Å². The molecule has 17 heavy (non-hydrogen) atoms. The van der Waals surface area contributed by atoms with Crippen molar-refractivity contribution in [3.05, 3.63) is 0 Å². The lowest BCUT2D eigenvalue weighted by molar-refractivity contribution is -0.0188. The molecule has 2 fully saturated rings. The molecule has 4 atom stereocenters. The molecule has 2 rings (SSSR count). The number of piperidine rings is 2. The molecule has 2 saturated heterocycles. The summed E-state index contributed by atoms with van der Waals surface area (Å²) in [7, 11) is 4.38. The van der Waals surface area contributed by atoms with Crippen molar-refractivity contribution in [3.63, 3.8) is 0 Å². The Bertz CT molecular complexity index is 275. The second-order valence-corrected chi connectivity index (χ2v) is 9.14. The number of hydrogen-bond acceptors (Lipinski definition) is 3. The zero-order chi connectivity index (χ0) is 12.6. The summed E-state index contributed by atoms with van der Waals surface area (Å²) in [5.74, 6) is 1.03. The SMILES string of the molecule is CN1CCC(I)C(C2CN(C)CCC2(O)I)C1. The van der Waals surface area contributed by atoms with Crippen LogP contribution in [0.1, 0.15) is 12.8 Å². The van der Waals surface area contributed by atoms with E-state index < -0.39 is 3.61 Å². The summed E-state index contributed by atoms with van der Waals surface area (Å²) in [6, 6.07) is 0. The molecule has 4 unspecified atom stereocenters. The molecular weight excluding hydrogens is 442 g/mol. The zero-order valence-electron chi connectivity index (χ0n) is 10.6. The molecule has 100 valence electrons. The summed E-state index contributed by atoms with van der Waals surface area (Å²) in [5, 5.41) is 10.6. The summed E-state index contributed by atoms with van der Waals surface area (Å²) in [6.07, 6.45) is 2.16. The van der Waals surface area contributed by atoms with Gasteiger partial charge in [-0.05, 0) is 62.0 Å². The van der Waals surface area contributed by atoms with Crippen LogP contribution in [-0.2, 0) is 0 Å². The van der Waals surface area contributed by atoms with E-state index in [1.165, 1.54) is 13.0 Å². The first kappa shape index (κ1) is 14.7. The van der Waals surface area contributed by atoms with E-state index in [0.717, 1.165) is 26.1 Å². The minimum absolute atomic E-state index is 0.409. The van der Waals surface area contributed by atoms with E-state index in [1.807, 2.05) is 0 Å². The topological polar surface area (TPSA) is 26.7 Å².